The van der Waals surface area contributed by atoms with Crippen LogP contribution in [0.15, 0.2) is 58.9 Å². The molecule has 0 spiro atoms. The minimum absolute atomic E-state index is 0.0423. The molecule has 7 heteroatoms. The van der Waals surface area contributed by atoms with E-state index < -0.39 is 0 Å². The van der Waals surface area contributed by atoms with Crippen molar-refractivity contribution in [3.8, 4) is 0 Å². The van der Waals surface area contributed by atoms with E-state index in [0.717, 1.165) is 28.7 Å². The van der Waals surface area contributed by atoms with Crippen LogP contribution in [0.5, 0.6) is 0 Å². The standard InChI is InChI=1S/C21H22N4OS2/c26-19(23-18-12-6-10-16-9-4-5-11-17(16)18)14-27-21-25-24-20(28-21)22-13-15-7-2-1-3-8-15/h1-5,7-9,11,18H,6,10,12-14H2,(H,22,24)(H,23,26)/t18-/m0/s1. The van der Waals surface area contributed by atoms with Crippen molar-refractivity contribution < 1.29 is 4.79 Å². The highest BCUT2D eigenvalue weighted by molar-refractivity contribution is 8.01. The third-order valence-electron chi connectivity index (χ3n) is 4.72. The average molecular weight is 411 g/mol. The summed E-state index contributed by atoms with van der Waals surface area (Å²) in [4.78, 5) is 12.4. The highest BCUT2D eigenvalue weighted by atomic mass is 32.2. The molecule has 2 N–H and O–H groups in total. The maximum Gasteiger partial charge on any atom is 0.230 e. The van der Waals surface area contributed by atoms with E-state index in [4.69, 9.17) is 0 Å². The number of fused-ring (bicyclic) bond motifs is 1. The lowest BCUT2D eigenvalue weighted by Crippen LogP contribution is -2.32. The summed E-state index contributed by atoms with van der Waals surface area (Å²) in [6.45, 7) is 0.710. The number of carbonyl (C=O) groups is 1. The molecule has 1 aromatic heterocycles. The van der Waals surface area contributed by atoms with Crippen LogP contribution in [-0.4, -0.2) is 21.9 Å². The predicted octanol–water partition coefficient (Wildman–Crippen LogP) is 4.44. The number of nitrogens with one attached hydrogen (secondary N) is 2. The number of anilines is 1. The summed E-state index contributed by atoms with van der Waals surface area (Å²) in [6, 6.07) is 18.7. The van der Waals surface area contributed by atoms with Crippen molar-refractivity contribution in [2.45, 2.75) is 36.2 Å². The summed E-state index contributed by atoms with van der Waals surface area (Å²) in [5.41, 5.74) is 3.81. The molecule has 1 aliphatic rings. The number of aryl methyl sites for hydroxylation is 1. The molecule has 3 aromatic rings. The van der Waals surface area contributed by atoms with Crippen LogP contribution in [-0.2, 0) is 17.8 Å². The minimum Gasteiger partial charge on any atom is -0.356 e. The molecule has 2 aromatic carbocycles. The van der Waals surface area contributed by atoms with Crippen molar-refractivity contribution in [1.29, 1.82) is 0 Å². The second-order valence-corrected chi connectivity index (χ2v) is 8.91. The van der Waals surface area contributed by atoms with Gasteiger partial charge in [0.2, 0.25) is 11.0 Å². The molecule has 0 aliphatic heterocycles. The number of benzene rings is 2. The van der Waals surface area contributed by atoms with E-state index >= 15 is 0 Å². The Hall–Kier alpha value is -2.38. The first-order valence-electron chi connectivity index (χ1n) is 9.39. The molecule has 0 radical (unpaired) electrons. The molecule has 1 amide bonds. The zero-order chi connectivity index (χ0) is 19.2. The Morgan fingerprint density at radius 2 is 1.93 bits per heavy atom. The van der Waals surface area contributed by atoms with Crippen LogP contribution in [0.25, 0.3) is 0 Å². The summed E-state index contributed by atoms with van der Waals surface area (Å²) in [7, 11) is 0. The van der Waals surface area contributed by atoms with Crippen LogP contribution in [0.3, 0.4) is 0 Å². The molecule has 0 saturated heterocycles. The number of thioether (sulfide) groups is 1. The number of hydrogen-bond donors (Lipinski definition) is 2. The number of rotatable bonds is 7. The third-order valence-corrected chi connectivity index (χ3v) is 6.74. The van der Waals surface area contributed by atoms with Crippen LogP contribution in [0, 0.1) is 0 Å². The second-order valence-electron chi connectivity index (χ2n) is 6.71. The SMILES string of the molecule is O=C(CSc1nnc(NCc2ccccc2)s1)N[C@H]1CCCc2ccccc21. The smallest absolute Gasteiger partial charge is 0.230 e. The van der Waals surface area contributed by atoms with E-state index in [-0.39, 0.29) is 11.9 Å². The van der Waals surface area contributed by atoms with Crippen molar-refractivity contribution in [3.05, 3.63) is 71.3 Å². The maximum absolute atomic E-state index is 12.4. The van der Waals surface area contributed by atoms with Crippen LogP contribution in [0.4, 0.5) is 5.13 Å². The van der Waals surface area contributed by atoms with Gasteiger partial charge in [0.15, 0.2) is 4.34 Å². The fourth-order valence-electron chi connectivity index (χ4n) is 3.38. The number of nitrogens with zero attached hydrogens (tertiary/aromatic N) is 2. The zero-order valence-electron chi connectivity index (χ0n) is 15.4. The summed E-state index contributed by atoms with van der Waals surface area (Å²) in [6.07, 6.45) is 3.21. The highest BCUT2D eigenvalue weighted by Gasteiger charge is 2.21. The lowest BCUT2D eigenvalue weighted by atomic mass is 9.88. The van der Waals surface area contributed by atoms with Gasteiger partial charge in [-0.2, -0.15) is 0 Å². The van der Waals surface area contributed by atoms with Gasteiger partial charge >= 0.3 is 0 Å². The van der Waals surface area contributed by atoms with Gasteiger partial charge in [-0.1, -0.05) is 77.7 Å². The van der Waals surface area contributed by atoms with Gasteiger partial charge in [0, 0.05) is 6.54 Å². The lowest BCUT2D eigenvalue weighted by Gasteiger charge is -2.26. The van der Waals surface area contributed by atoms with Crippen LogP contribution in [0.1, 0.15) is 35.6 Å². The Labute approximate surface area is 173 Å². The maximum atomic E-state index is 12.4. The third kappa shape index (κ3) is 4.91. The molecule has 1 atom stereocenters. The molecule has 1 heterocycles. The van der Waals surface area contributed by atoms with Crippen molar-refractivity contribution in [1.82, 2.24) is 15.5 Å². The molecule has 1 aliphatic carbocycles. The van der Waals surface area contributed by atoms with Gasteiger partial charge in [0.1, 0.15) is 0 Å². The zero-order valence-corrected chi connectivity index (χ0v) is 17.1. The van der Waals surface area contributed by atoms with Crippen LogP contribution in [0.2, 0.25) is 0 Å². The highest BCUT2D eigenvalue weighted by Crippen LogP contribution is 2.30. The van der Waals surface area contributed by atoms with Crippen LogP contribution < -0.4 is 10.6 Å². The number of aromatic nitrogens is 2. The first kappa shape index (κ1) is 19.0. The predicted molar refractivity (Wildman–Crippen MR) is 115 cm³/mol. The van der Waals surface area contributed by atoms with Gasteiger partial charge in [0.05, 0.1) is 11.8 Å². The Kier molecular flexibility index (Phi) is 6.24. The van der Waals surface area contributed by atoms with Gasteiger partial charge in [-0.05, 0) is 36.0 Å². The number of carbonyl (C=O) groups excluding carboxylic acids is 1. The molecule has 5 nitrogen and oxygen atoms in total. The molecule has 0 saturated carbocycles. The van der Waals surface area contributed by atoms with E-state index in [1.165, 1.54) is 39.8 Å². The van der Waals surface area contributed by atoms with E-state index in [0.29, 0.717) is 12.3 Å². The fraction of sp³-hybridized carbons (Fsp3) is 0.286. The van der Waals surface area contributed by atoms with Crippen molar-refractivity contribution in [3.63, 3.8) is 0 Å². The fourth-order valence-corrected chi connectivity index (χ4v) is 4.94. The summed E-state index contributed by atoms with van der Waals surface area (Å²) >= 11 is 2.91. The Morgan fingerprint density at radius 1 is 1.11 bits per heavy atom. The summed E-state index contributed by atoms with van der Waals surface area (Å²) in [5, 5.41) is 15.6. The molecular formula is C21H22N4OS2. The first-order valence-corrected chi connectivity index (χ1v) is 11.2. The molecule has 4 rings (SSSR count). The lowest BCUT2D eigenvalue weighted by molar-refractivity contribution is -0.119. The first-order chi connectivity index (χ1) is 13.8. The molecule has 0 unspecified atom stereocenters. The molecule has 0 bridgehead atoms. The summed E-state index contributed by atoms with van der Waals surface area (Å²) < 4.78 is 0.801. The van der Waals surface area contributed by atoms with E-state index in [9.17, 15) is 4.79 Å². The normalized spacial score (nSPS) is 15.6. The molecule has 144 valence electrons. The van der Waals surface area contributed by atoms with Gasteiger partial charge in [-0.25, -0.2) is 0 Å². The number of hydrogen-bond acceptors (Lipinski definition) is 6. The average Bonchev–Trinajstić information content (AvgIpc) is 3.20. The van der Waals surface area contributed by atoms with E-state index in [1.807, 2.05) is 24.3 Å². The minimum atomic E-state index is 0.0423. The van der Waals surface area contributed by atoms with E-state index in [2.05, 4.69) is 51.2 Å². The monoisotopic (exact) mass is 410 g/mol. The summed E-state index contributed by atoms with van der Waals surface area (Å²) in [5.74, 6) is 0.395. The van der Waals surface area contributed by atoms with Gasteiger partial charge < -0.3 is 10.6 Å². The second kappa shape index (κ2) is 9.21. The topological polar surface area (TPSA) is 66.9 Å². The van der Waals surface area contributed by atoms with Gasteiger partial charge in [-0.15, -0.1) is 10.2 Å². The van der Waals surface area contributed by atoms with Crippen molar-refractivity contribution in [2.75, 3.05) is 11.1 Å². The Balaban J connectivity index is 1.26. The van der Waals surface area contributed by atoms with E-state index in [1.54, 1.807) is 0 Å². The largest absolute Gasteiger partial charge is 0.356 e. The quantitative estimate of drug-likeness (QED) is 0.564. The Bertz CT molecular complexity index is 929. The van der Waals surface area contributed by atoms with Crippen LogP contribution >= 0.6 is 23.1 Å². The van der Waals surface area contributed by atoms with Crippen molar-refractivity contribution in [2.24, 2.45) is 0 Å². The van der Waals surface area contributed by atoms with Gasteiger partial charge in [-0.3, -0.25) is 4.79 Å². The Morgan fingerprint density at radius 3 is 2.82 bits per heavy atom. The number of amides is 1. The molecular weight excluding hydrogens is 388 g/mol. The molecule has 28 heavy (non-hydrogen) atoms. The molecule has 0 fully saturated rings. The van der Waals surface area contributed by atoms with Crippen molar-refractivity contribution >= 4 is 34.1 Å². The van der Waals surface area contributed by atoms with Gasteiger partial charge in [0.25, 0.3) is 0 Å².